The first-order chi connectivity index (χ1) is 9.52. The number of rotatable bonds is 10. The normalized spacial score (nSPS) is 15.7. The molecule has 0 bridgehead atoms. The molecule has 0 fully saturated rings. The maximum Gasteiger partial charge on any atom is 0.328 e. The van der Waals surface area contributed by atoms with E-state index >= 15 is 0 Å². The van der Waals surface area contributed by atoms with Gasteiger partial charge in [-0.2, -0.15) is 8.34 Å². The molecule has 0 aromatic carbocycles. The maximum absolute atomic E-state index is 10.9. The SMILES string of the molecule is CCCS(CCC)(CCC)(CCC)=P(O)(O)OP(O)(O)=S. The van der Waals surface area contributed by atoms with Crippen molar-refractivity contribution in [3.8, 4) is 0 Å². The molecule has 0 saturated heterocycles. The van der Waals surface area contributed by atoms with Crippen molar-refractivity contribution in [3.05, 3.63) is 0 Å². The van der Waals surface area contributed by atoms with Crippen molar-refractivity contribution in [2.75, 3.05) is 23.0 Å². The molecule has 0 spiro atoms. The summed E-state index contributed by atoms with van der Waals surface area (Å²) < 4.78 is 5.01. The third-order valence-electron chi connectivity index (χ3n) is 3.80. The molecule has 21 heavy (non-hydrogen) atoms. The molecule has 0 aromatic rings. The minimum absolute atomic E-state index is 0.683. The highest BCUT2D eigenvalue weighted by molar-refractivity contribution is 8.51. The predicted octanol–water partition coefficient (Wildman–Crippen LogP) is 3.20. The molecule has 0 unspecified atom stereocenters. The second-order valence-corrected chi connectivity index (χ2v) is 19.3. The molecule has 4 N–H and O–H groups in total. The summed E-state index contributed by atoms with van der Waals surface area (Å²) in [6.45, 7) is 0.0146. The zero-order chi connectivity index (χ0) is 16.8. The lowest BCUT2D eigenvalue weighted by atomic mass is 10.5. The van der Waals surface area contributed by atoms with E-state index in [1.807, 2.05) is 27.7 Å². The highest BCUT2D eigenvalue weighted by atomic mass is 32.6. The van der Waals surface area contributed by atoms with Crippen LogP contribution in [0.4, 0.5) is 0 Å². The van der Waals surface area contributed by atoms with E-state index in [9.17, 15) is 19.6 Å². The van der Waals surface area contributed by atoms with Gasteiger partial charge >= 0.3 is 6.72 Å². The highest BCUT2D eigenvalue weighted by Crippen LogP contribution is 2.67. The Kier molecular flexibility index (Phi) is 8.85. The molecule has 0 aliphatic heterocycles. The number of hydrogen-bond donors (Lipinski definition) is 4. The molecule has 0 aromatic heterocycles. The van der Waals surface area contributed by atoms with Crippen molar-refractivity contribution >= 4 is 33.6 Å². The topological polar surface area (TPSA) is 90.2 Å². The second-order valence-electron chi connectivity index (χ2n) is 5.62. The molecule has 0 saturated carbocycles. The Morgan fingerprint density at radius 3 is 1.24 bits per heavy atom. The fourth-order valence-electron chi connectivity index (χ4n) is 3.42. The Morgan fingerprint density at radius 2 is 1.05 bits per heavy atom. The van der Waals surface area contributed by atoms with Crippen LogP contribution in [0.5, 0.6) is 0 Å². The third-order valence-corrected chi connectivity index (χ3v) is 20.1. The fourth-order valence-corrected chi connectivity index (χ4v) is 20.4. The highest BCUT2D eigenvalue weighted by Gasteiger charge is 2.44. The lowest BCUT2D eigenvalue weighted by Crippen LogP contribution is -2.47. The lowest BCUT2D eigenvalue weighted by molar-refractivity contribution is 0.317. The quantitative estimate of drug-likeness (QED) is 0.434. The Bertz CT molecular complexity index is 421. The first kappa shape index (κ1) is 22.2. The van der Waals surface area contributed by atoms with Gasteiger partial charge in [0.05, 0.1) is 0 Å². The summed E-state index contributed by atoms with van der Waals surface area (Å²) >= 11 is 4.51. The monoisotopic (exact) mass is 382 g/mol. The van der Waals surface area contributed by atoms with Crippen molar-refractivity contribution in [1.29, 1.82) is 0 Å². The second kappa shape index (κ2) is 8.36. The van der Waals surface area contributed by atoms with Crippen molar-refractivity contribution in [2.24, 2.45) is 0 Å². The zero-order valence-corrected chi connectivity index (χ0v) is 17.0. The average molecular weight is 382 g/mol. The lowest BCUT2D eigenvalue weighted by Gasteiger charge is -2.53. The van der Waals surface area contributed by atoms with E-state index in [0.717, 1.165) is 25.7 Å². The van der Waals surface area contributed by atoms with Gasteiger partial charge in [0.25, 0.3) is 6.72 Å². The number of hydrogen-bond acceptors (Lipinski definition) is 2. The van der Waals surface area contributed by atoms with Crippen LogP contribution in [0.1, 0.15) is 53.4 Å². The molecule has 132 valence electrons. The van der Waals surface area contributed by atoms with Gasteiger partial charge in [-0.05, 0) is 60.5 Å². The summed E-state index contributed by atoms with van der Waals surface area (Å²) in [4.78, 5) is 40.7. The largest absolute Gasteiger partial charge is 0.329 e. The average Bonchev–Trinajstić information content (AvgIpc) is 2.26. The molecule has 0 amide bonds. The molecule has 0 atom stereocenters. The van der Waals surface area contributed by atoms with Crippen LogP contribution in [0.15, 0.2) is 0 Å². The Labute approximate surface area is 134 Å². The third kappa shape index (κ3) is 5.10. The van der Waals surface area contributed by atoms with Crippen LogP contribution in [0.3, 0.4) is 0 Å². The molecular formula is C12H32O5P2S2. The Balaban J connectivity index is 6.62. The van der Waals surface area contributed by atoms with E-state index in [4.69, 9.17) is 4.31 Å². The fraction of sp³-hybridized carbons (Fsp3) is 1.00. The summed E-state index contributed by atoms with van der Waals surface area (Å²) in [5.74, 6) is 2.73. The van der Waals surface area contributed by atoms with Crippen molar-refractivity contribution < 1.29 is 23.9 Å². The van der Waals surface area contributed by atoms with Gasteiger partial charge in [-0.1, -0.05) is 27.7 Å². The van der Waals surface area contributed by atoms with E-state index in [-0.39, 0.29) is 0 Å². The molecule has 0 radical (unpaired) electrons. The van der Waals surface area contributed by atoms with Crippen molar-refractivity contribution in [2.45, 2.75) is 53.4 Å². The van der Waals surface area contributed by atoms with E-state index in [1.54, 1.807) is 0 Å². The first-order valence-electron chi connectivity index (χ1n) is 7.51. The van der Waals surface area contributed by atoms with Crippen LogP contribution in [0, 0.1) is 0 Å². The molecule has 9 heteroatoms. The first-order valence-corrected chi connectivity index (χ1v) is 15.1. The Morgan fingerprint density at radius 1 is 0.762 bits per heavy atom. The maximum atomic E-state index is 10.9. The minimum atomic E-state index is -4.11. The molecule has 0 aliphatic carbocycles. The summed E-state index contributed by atoms with van der Waals surface area (Å²) in [5, 5.41) is 0. The molecule has 5 nitrogen and oxygen atoms in total. The zero-order valence-electron chi connectivity index (χ0n) is 13.6. The van der Waals surface area contributed by atoms with Crippen LogP contribution in [-0.4, -0.2) is 42.6 Å². The van der Waals surface area contributed by atoms with Crippen LogP contribution in [-0.2, 0) is 24.5 Å². The smallest absolute Gasteiger partial charge is 0.328 e. The van der Waals surface area contributed by atoms with E-state index in [2.05, 4.69) is 11.8 Å². The summed E-state index contributed by atoms with van der Waals surface area (Å²) in [7, 11) is -2.73. The van der Waals surface area contributed by atoms with E-state index in [0.29, 0.717) is 23.0 Å². The van der Waals surface area contributed by atoms with Crippen LogP contribution < -0.4 is 0 Å². The minimum Gasteiger partial charge on any atom is -0.329 e. The van der Waals surface area contributed by atoms with Crippen LogP contribution >= 0.6 is 13.4 Å². The summed E-state index contributed by atoms with van der Waals surface area (Å²) in [6.07, 6.45) is 3.25. The van der Waals surface area contributed by atoms with Gasteiger partial charge in [0.1, 0.15) is 0 Å². The van der Waals surface area contributed by atoms with Gasteiger partial charge in [0.15, 0.2) is 0 Å². The van der Waals surface area contributed by atoms with Gasteiger partial charge in [0, 0.05) is 0 Å². The van der Waals surface area contributed by atoms with Gasteiger partial charge < -0.3 is 19.6 Å². The van der Waals surface area contributed by atoms with Crippen molar-refractivity contribution in [1.82, 2.24) is 0 Å². The molecule has 0 aliphatic rings. The summed E-state index contributed by atoms with van der Waals surface area (Å²) in [6, 6.07) is 0. The van der Waals surface area contributed by atoms with Gasteiger partial charge in [-0.15, -0.1) is 0 Å². The van der Waals surface area contributed by atoms with Gasteiger partial charge in [0.2, 0.25) is 0 Å². The van der Waals surface area contributed by atoms with Crippen molar-refractivity contribution in [3.63, 3.8) is 0 Å². The molecule has 0 rings (SSSR count). The predicted molar refractivity (Wildman–Crippen MR) is 99.2 cm³/mol. The molecule has 0 heterocycles. The van der Waals surface area contributed by atoms with Gasteiger partial charge in [-0.25, -0.2) is 4.31 Å². The van der Waals surface area contributed by atoms with Crippen LogP contribution in [0.25, 0.3) is 0 Å². The van der Waals surface area contributed by atoms with Crippen LogP contribution in [0.2, 0.25) is 0 Å². The van der Waals surface area contributed by atoms with E-state index < -0.39 is 21.8 Å². The Hall–Kier alpha value is 1.23. The molecular weight excluding hydrogens is 350 g/mol. The standard InChI is InChI=1S/C12H32O5P2S2/c1-5-9-21(10-6-2,11-7-3,12-8-4)19(15,16)17-18(13,14)20/h15-16H,5-12H2,1-4H3,(H2,13,14,20). The van der Waals surface area contributed by atoms with E-state index in [1.165, 1.54) is 0 Å². The van der Waals surface area contributed by atoms with Gasteiger partial charge in [-0.3, -0.25) is 0 Å². The summed E-state index contributed by atoms with van der Waals surface area (Å²) in [5.41, 5.74) is 0.